The van der Waals surface area contributed by atoms with Gasteiger partial charge >= 0.3 is 18.0 Å². The summed E-state index contributed by atoms with van der Waals surface area (Å²) >= 11 is 0. The van der Waals surface area contributed by atoms with E-state index in [1.165, 1.54) is 35.4 Å². The first-order valence-electron chi connectivity index (χ1n) is 17.4. The third-order valence-corrected chi connectivity index (χ3v) is 9.74. The Kier molecular flexibility index (Phi) is 11.5. The third-order valence-electron chi connectivity index (χ3n) is 9.74. The van der Waals surface area contributed by atoms with Crippen molar-refractivity contribution >= 4 is 18.0 Å². The zero-order chi connectivity index (χ0) is 35.9. The zero-order valence-electron chi connectivity index (χ0n) is 28.9. The van der Waals surface area contributed by atoms with Crippen LogP contribution in [0.5, 0.6) is 11.5 Å². The standard InChI is InChI=1S/C23H26N2O2.C18H18O6/c26-23(27-21-16-24-13-10-18(21)11-14-24)25-15-12-17-6-4-5-9-20(17)22(25)19-7-2-1-3-8-19;1-11-3-7-13(8-4-11)23-17(21)15(19)16(20)18(22)24-14-9-5-12(2)6-10-14/h1-9,18,21-22H,10-16H2;3-10,15-16,19-20H,1-2H3/t21-,22-;15-,16-/m00/s1. The molecule has 10 nitrogen and oxygen atoms in total. The van der Waals surface area contributed by atoms with Crippen molar-refractivity contribution in [1.82, 2.24) is 9.80 Å². The van der Waals surface area contributed by atoms with Crippen molar-refractivity contribution in [2.45, 2.75) is 57.5 Å². The van der Waals surface area contributed by atoms with Crippen molar-refractivity contribution in [2.24, 2.45) is 5.92 Å². The van der Waals surface area contributed by atoms with Gasteiger partial charge in [-0.1, -0.05) is 90.0 Å². The van der Waals surface area contributed by atoms with Crippen LogP contribution in [0.3, 0.4) is 0 Å². The van der Waals surface area contributed by atoms with Crippen LogP contribution < -0.4 is 9.47 Å². The van der Waals surface area contributed by atoms with Crippen molar-refractivity contribution in [1.29, 1.82) is 0 Å². The summed E-state index contributed by atoms with van der Waals surface area (Å²) in [5, 5.41) is 19.5. The quantitative estimate of drug-likeness (QED) is 0.194. The molecule has 0 aliphatic carbocycles. The smallest absolute Gasteiger partial charge is 0.410 e. The summed E-state index contributed by atoms with van der Waals surface area (Å²) < 4.78 is 15.9. The number of aliphatic hydroxyl groups is 2. The second kappa shape index (κ2) is 16.3. The molecule has 0 unspecified atom stereocenters. The summed E-state index contributed by atoms with van der Waals surface area (Å²) in [6, 6.07) is 31.8. The van der Waals surface area contributed by atoms with Gasteiger partial charge in [0.25, 0.3) is 0 Å². The number of aliphatic hydroxyl groups excluding tert-OH is 2. The topological polar surface area (TPSA) is 126 Å². The molecule has 4 heterocycles. The van der Waals surface area contributed by atoms with E-state index < -0.39 is 24.1 Å². The van der Waals surface area contributed by atoms with Crippen molar-refractivity contribution in [3.63, 3.8) is 0 Å². The van der Waals surface area contributed by atoms with Crippen molar-refractivity contribution in [3.05, 3.63) is 131 Å². The van der Waals surface area contributed by atoms with E-state index >= 15 is 0 Å². The Hall–Kier alpha value is -5.03. The van der Waals surface area contributed by atoms with Crippen LogP contribution in [0.1, 0.15) is 46.7 Å². The van der Waals surface area contributed by atoms with Crippen LogP contribution in [0.4, 0.5) is 4.79 Å². The maximum atomic E-state index is 13.2. The molecule has 4 aliphatic heterocycles. The molecule has 2 N–H and O–H groups in total. The van der Waals surface area contributed by atoms with Crippen LogP contribution in [0.25, 0.3) is 0 Å². The van der Waals surface area contributed by atoms with Crippen LogP contribution in [-0.2, 0) is 20.7 Å². The van der Waals surface area contributed by atoms with Gasteiger partial charge in [-0.25, -0.2) is 14.4 Å². The molecule has 3 saturated heterocycles. The summed E-state index contributed by atoms with van der Waals surface area (Å²) in [6.45, 7) is 7.65. The molecule has 4 aliphatic rings. The number of fused-ring (bicyclic) bond motifs is 4. The molecule has 1 amide bonds. The second-order valence-corrected chi connectivity index (χ2v) is 13.4. The minimum atomic E-state index is -2.05. The number of carbonyl (C=O) groups excluding carboxylic acids is 3. The lowest BCUT2D eigenvalue weighted by atomic mass is 9.86. The number of benzene rings is 4. The van der Waals surface area contributed by atoms with Crippen LogP contribution in [-0.4, -0.2) is 82.5 Å². The van der Waals surface area contributed by atoms with E-state index in [1.54, 1.807) is 24.3 Å². The Morgan fingerprint density at radius 2 is 1.22 bits per heavy atom. The van der Waals surface area contributed by atoms with Crippen molar-refractivity contribution in [3.8, 4) is 11.5 Å². The monoisotopic (exact) mass is 692 g/mol. The van der Waals surface area contributed by atoms with Gasteiger partial charge in [0.15, 0.2) is 12.2 Å². The van der Waals surface area contributed by atoms with Crippen LogP contribution in [0.2, 0.25) is 0 Å². The predicted octanol–water partition coefficient (Wildman–Crippen LogP) is 5.40. The summed E-state index contributed by atoms with van der Waals surface area (Å²) in [7, 11) is 0. The van der Waals surface area contributed by atoms with Gasteiger partial charge < -0.3 is 24.4 Å². The second-order valence-electron chi connectivity index (χ2n) is 13.4. The summed E-state index contributed by atoms with van der Waals surface area (Å²) in [5.74, 6) is -1.36. The largest absolute Gasteiger partial charge is 0.444 e. The normalized spacial score (nSPS) is 21.6. The Labute approximate surface area is 298 Å². The zero-order valence-corrected chi connectivity index (χ0v) is 28.9. The van der Waals surface area contributed by atoms with Crippen LogP contribution >= 0.6 is 0 Å². The highest BCUT2D eigenvalue weighted by atomic mass is 16.6. The number of ether oxygens (including phenoxy) is 3. The van der Waals surface area contributed by atoms with Crippen LogP contribution in [0.15, 0.2) is 103 Å². The molecule has 0 saturated carbocycles. The summed E-state index contributed by atoms with van der Waals surface area (Å²) in [6.07, 6.45) is -1.01. The molecule has 3 fully saturated rings. The molecular weight excluding hydrogens is 648 g/mol. The van der Waals surface area contributed by atoms with Gasteiger partial charge in [-0.15, -0.1) is 0 Å². The van der Waals surface area contributed by atoms with Gasteiger partial charge in [0.1, 0.15) is 17.6 Å². The number of piperidine rings is 3. The molecule has 266 valence electrons. The number of amides is 1. The summed E-state index contributed by atoms with van der Waals surface area (Å²) in [5.41, 5.74) is 5.64. The number of esters is 2. The molecule has 8 rings (SSSR count). The Bertz CT molecular complexity index is 1730. The Morgan fingerprint density at radius 3 is 1.75 bits per heavy atom. The third kappa shape index (κ3) is 8.83. The maximum absolute atomic E-state index is 13.2. The highest BCUT2D eigenvalue weighted by Gasteiger charge is 2.40. The number of aryl methyl sites for hydroxylation is 2. The molecule has 0 aromatic heterocycles. The molecule has 4 atom stereocenters. The molecule has 4 aromatic rings. The van der Waals surface area contributed by atoms with E-state index in [9.17, 15) is 24.6 Å². The SMILES string of the molecule is Cc1ccc(OC(=O)[C@@H](O)[C@H](O)C(=O)Oc2ccc(C)cc2)cc1.O=C(O[C@H]1CN2CCC1CC2)N1CCc2ccccc2[C@@H]1c1ccccc1. The highest BCUT2D eigenvalue weighted by molar-refractivity contribution is 5.87. The maximum Gasteiger partial charge on any atom is 0.410 e. The molecule has 2 bridgehead atoms. The average Bonchev–Trinajstić information content (AvgIpc) is 3.16. The molecule has 10 heteroatoms. The lowest BCUT2D eigenvalue weighted by Gasteiger charge is -2.45. The van der Waals surface area contributed by atoms with Gasteiger partial charge in [-0.3, -0.25) is 9.80 Å². The Balaban J connectivity index is 0.000000177. The number of carbonyl (C=O) groups is 3. The molecule has 51 heavy (non-hydrogen) atoms. The van der Waals surface area contributed by atoms with E-state index in [4.69, 9.17) is 14.2 Å². The molecule has 0 radical (unpaired) electrons. The first-order chi connectivity index (χ1) is 24.7. The van der Waals surface area contributed by atoms with Crippen molar-refractivity contribution in [2.75, 3.05) is 26.2 Å². The molecule has 0 spiro atoms. The average molecular weight is 693 g/mol. The lowest BCUT2D eigenvalue weighted by molar-refractivity contribution is -0.162. The molecular formula is C41H44N2O8. The minimum absolute atomic E-state index is 0.0496. The minimum Gasteiger partial charge on any atom is -0.444 e. The lowest BCUT2D eigenvalue weighted by Crippen LogP contribution is -2.53. The number of hydrogen-bond donors (Lipinski definition) is 2. The van der Waals surface area contributed by atoms with Crippen LogP contribution in [0, 0.1) is 19.8 Å². The van der Waals surface area contributed by atoms with E-state index in [1.807, 2.05) is 36.9 Å². The predicted molar refractivity (Wildman–Crippen MR) is 190 cm³/mol. The van der Waals surface area contributed by atoms with Gasteiger partial charge in [0.2, 0.25) is 0 Å². The number of nitrogens with zero attached hydrogens (tertiary/aromatic N) is 2. The van der Waals surface area contributed by atoms with E-state index in [0.29, 0.717) is 12.5 Å². The van der Waals surface area contributed by atoms with E-state index in [2.05, 4.69) is 41.3 Å². The van der Waals surface area contributed by atoms with Gasteiger partial charge in [-0.05, 0) is 93.1 Å². The molecule has 4 aromatic carbocycles. The van der Waals surface area contributed by atoms with E-state index in [-0.39, 0.29) is 29.7 Å². The van der Waals surface area contributed by atoms with Gasteiger partial charge in [-0.2, -0.15) is 0 Å². The summed E-state index contributed by atoms with van der Waals surface area (Å²) in [4.78, 5) is 41.2. The fourth-order valence-corrected chi connectivity index (χ4v) is 6.82. The van der Waals surface area contributed by atoms with Gasteiger partial charge in [0, 0.05) is 13.1 Å². The Morgan fingerprint density at radius 1 is 0.686 bits per heavy atom. The van der Waals surface area contributed by atoms with Crippen molar-refractivity contribution < 1.29 is 38.8 Å². The van der Waals surface area contributed by atoms with Gasteiger partial charge in [0.05, 0.1) is 6.04 Å². The van der Waals surface area contributed by atoms with E-state index in [0.717, 1.165) is 55.6 Å². The first kappa shape index (κ1) is 35.8. The number of hydrogen-bond acceptors (Lipinski definition) is 9. The fraction of sp³-hybridized carbons (Fsp3) is 0.341. The highest BCUT2D eigenvalue weighted by Crippen LogP contribution is 2.37. The first-order valence-corrected chi connectivity index (χ1v) is 17.4. The number of rotatable bonds is 7. The fourth-order valence-electron chi connectivity index (χ4n) is 6.82.